The zero-order valence-corrected chi connectivity index (χ0v) is 28.7. The van der Waals surface area contributed by atoms with E-state index in [9.17, 15) is 9.59 Å². The molecule has 0 unspecified atom stereocenters. The summed E-state index contributed by atoms with van der Waals surface area (Å²) in [6, 6.07) is 48.4. The van der Waals surface area contributed by atoms with Gasteiger partial charge in [0, 0.05) is 12.6 Å². The summed E-state index contributed by atoms with van der Waals surface area (Å²) in [6.45, 7) is 4.96. The van der Waals surface area contributed by atoms with E-state index in [0.717, 1.165) is 27.8 Å². The van der Waals surface area contributed by atoms with Crippen molar-refractivity contribution in [2.75, 3.05) is 6.54 Å². The van der Waals surface area contributed by atoms with Gasteiger partial charge in [-0.25, -0.2) is 9.59 Å². The van der Waals surface area contributed by atoms with Crippen molar-refractivity contribution in [3.05, 3.63) is 192 Å². The third kappa shape index (κ3) is 9.53. The van der Waals surface area contributed by atoms with Crippen molar-refractivity contribution in [2.45, 2.75) is 56.9 Å². The molecule has 1 saturated heterocycles. The van der Waals surface area contributed by atoms with Gasteiger partial charge in [0.05, 0.1) is 18.7 Å². The molecule has 51 heavy (non-hydrogen) atoms. The Labute approximate surface area is 300 Å². The van der Waals surface area contributed by atoms with E-state index in [4.69, 9.17) is 14.2 Å². The van der Waals surface area contributed by atoms with Crippen LogP contribution in [0.4, 0.5) is 9.59 Å². The molecule has 0 aliphatic carbocycles. The summed E-state index contributed by atoms with van der Waals surface area (Å²) in [5, 5.41) is 0. The maximum Gasteiger partial charge on any atom is 0.410 e. The Morgan fingerprint density at radius 2 is 1.20 bits per heavy atom. The van der Waals surface area contributed by atoms with Crippen LogP contribution in [0.2, 0.25) is 0 Å². The van der Waals surface area contributed by atoms with Crippen molar-refractivity contribution in [2.24, 2.45) is 0 Å². The van der Waals surface area contributed by atoms with Gasteiger partial charge in [-0.15, -0.1) is 6.58 Å². The molecular formula is C44H44N2O5. The van der Waals surface area contributed by atoms with Gasteiger partial charge in [-0.1, -0.05) is 158 Å². The van der Waals surface area contributed by atoms with E-state index in [1.165, 1.54) is 0 Å². The minimum atomic E-state index is -0.492. The van der Waals surface area contributed by atoms with Crippen LogP contribution in [0.1, 0.15) is 52.8 Å². The first kappa shape index (κ1) is 35.2. The second-order valence-electron chi connectivity index (χ2n) is 12.7. The molecule has 260 valence electrons. The summed E-state index contributed by atoms with van der Waals surface area (Å²) < 4.78 is 18.9. The van der Waals surface area contributed by atoms with Gasteiger partial charge in [0.1, 0.15) is 19.3 Å². The highest BCUT2D eigenvalue weighted by molar-refractivity contribution is 5.69. The van der Waals surface area contributed by atoms with E-state index in [2.05, 4.69) is 6.58 Å². The van der Waals surface area contributed by atoms with Gasteiger partial charge in [0.15, 0.2) is 0 Å². The van der Waals surface area contributed by atoms with Gasteiger partial charge < -0.3 is 19.1 Å². The zero-order valence-electron chi connectivity index (χ0n) is 28.7. The van der Waals surface area contributed by atoms with E-state index < -0.39 is 30.4 Å². The third-order valence-electron chi connectivity index (χ3n) is 9.12. The Morgan fingerprint density at radius 1 is 0.706 bits per heavy atom. The third-order valence-corrected chi connectivity index (χ3v) is 9.12. The minimum Gasteiger partial charge on any atom is -0.445 e. The highest BCUT2D eigenvalue weighted by Gasteiger charge is 2.43. The Balaban J connectivity index is 1.31. The summed E-state index contributed by atoms with van der Waals surface area (Å²) in [7, 11) is 0. The fourth-order valence-corrected chi connectivity index (χ4v) is 6.62. The topological polar surface area (TPSA) is 68.3 Å². The van der Waals surface area contributed by atoms with Crippen molar-refractivity contribution >= 4 is 12.2 Å². The molecule has 0 spiro atoms. The van der Waals surface area contributed by atoms with Crippen LogP contribution >= 0.6 is 0 Å². The number of carbonyl (C=O) groups is 2. The van der Waals surface area contributed by atoms with Crippen molar-refractivity contribution in [3.8, 4) is 0 Å². The summed E-state index contributed by atoms with van der Waals surface area (Å²) in [5.41, 5.74) is 4.68. The standard InChI is InChI=1S/C44H44N2O5/c1-2-18-39(45(30-34-19-8-3-9-20-34)43(47)49-32-35-21-10-4-11-22-35)29-40-31-46(44(48)50-33-36-23-12-5-13-24-36)41(37-25-14-6-15-26-37)42(51-40)38-27-16-7-17-28-38/h2-17,19-28,39-42H,1,18,29-33H2/t39-,40+,41+,42-/m0/s1. The second kappa shape index (κ2) is 17.8. The van der Waals surface area contributed by atoms with Gasteiger partial charge in [-0.05, 0) is 40.7 Å². The molecule has 0 saturated carbocycles. The average molecular weight is 681 g/mol. The number of ether oxygens (including phenoxy) is 3. The highest BCUT2D eigenvalue weighted by Crippen LogP contribution is 2.43. The first-order valence-electron chi connectivity index (χ1n) is 17.4. The fraction of sp³-hybridized carbons (Fsp3) is 0.227. The molecule has 4 atom stereocenters. The molecule has 5 aromatic carbocycles. The number of hydrogen-bond acceptors (Lipinski definition) is 5. The molecule has 0 aromatic heterocycles. The molecule has 0 radical (unpaired) electrons. The summed E-state index contributed by atoms with van der Waals surface area (Å²) >= 11 is 0. The van der Waals surface area contributed by atoms with E-state index in [-0.39, 0.29) is 25.8 Å². The predicted molar refractivity (Wildman–Crippen MR) is 198 cm³/mol. The second-order valence-corrected chi connectivity index (χ2v) is 12.7. The lowest BCUT2D eigenvalue weighted by Gasteiger charge is -2.46. The first-order chi connectivity index (χ1) is 25.1. The number of benzene rings is 5. The van der Waals surface area contributed by atoms with Crippen molar-refractivity contribution < 1.29 is 23.8 Å². The van der Waals surface area contributed by atoms with Gasteiger partial charge in [0.2, 0.25) is 0 Å². The molecule has 2 amide bonds. The lowest BCUT2D eigenvalue weighted by atomic mass is 9.91. The van der Waals surface area contributed by atoms with Crippen LogP contribution in [0, 0.1) is 0 Å². The first-order valence-corrected chi connectivity index (χ1v) is 17.4. The van der Waals surface area contributed by atoms with E-state index >= 15 is 0 Å². The molecule has 1 aliphatic rings. The zero-order chi connectivity index (χ0) is 35.3. The number of carbonyl (C=O) groups excluding carboxylic acids is 2. The lowest BCUT2D eigenvalue weighted by Crippen LogP contribution is -2.51. The van der Waals surface area contributed by atoms with Crippen LogP contribution in [-0.4, -0.2) is 40.7 Å². The van der Waals surface area contributed by atoms with Gasteiger partial charge in [-0.2, -0.15) is 0 Å². The molecule has 6 rings (SSSR count). The average Bonchev–Trinajstić information content (AvgIpc) is 3.19. The monoisotopic (exact) mass is 680 g/mol. The number of amides is 2. The minimum absolute atomic E-state index is 0.149. The molecular weight excluding hydrogens is 636 g/mol. The molecule has 1 fully saturated rings. The maximum absolute atomic E-state index is 14.1. The van der Waals surface area contributed by atoms with Crippen molar-refractivity contribution in [1.29, 1.82) is 0 Å². The van der Waals surface area contributed by atoms with Crippen molar-refractivity contribution in [3.63, 3.8) is 0 Å². The molecule has 7 heteroatoms. The number of hydrogen-bond donors (Lipinski definition) is 0. The lowest BCUT2D eigenvalue weighted by molar-refractivity contribution is -0.125. The largest absolute Gasteiger partial charge is 0.445 e. The molecule has 7 nitrogen and oxygen atoms in total. The van der Waals surface area contributed by atoms with Gasteiger partial charge >= 0.3 is 12.2 Å². The Kier molecular flexibility index (Phi) is 12.3. The van der Waals surface area contributed by atoms with Crippen LogP contribution < -0.4 is 0 Å². The Hall–Kier alpha value is -5.66. The van der Waals surface area contributed by atoms with Crippen LogP contribution in [-0.2, 0) is 34.0 Å². The van der Waals surface area contributed by atoms with Crippen LogP contribution in [0.15, 0.2) is 164 Å². The predicted octanol–water partition coefficient (Wildman–Crippen LogP) is 9.68. The SMILES string of the molecule is C=CC[C@@H](C[C@@H]1CN(C(=O)OCc2ccccc2)[C@H](c2ccccc2)[C@H](c2ccccc2)O1)N(Cc1ccccc1)C(=O)OCc1ccccc1. The molecule has 0 bridgehead atoms. The molecule has 1 heterocycles. The van der Waals surface area contributed by atoms with Gasteiger partial charge in [0.25, 0.3) is 0 Å². The number of morpholine rings is 1. The van der Waals surface area contributed by atoms with Crippen LogP contribution in [0.3, 0.4) is 0 Å². The number of nitrogens with zero attached hydrogens (tertiary/aromatic N) is 2. The van der Waals surface area contributed by atoms with E-state index in [1.54, 1.807) is 9.80 Å². The Morgan fingerprint density at radius 3 is 1.75 bits per heavy atom. The highest BCUT2D eigenvalue weighted by atomic mass is 16.6. The normalized spacial score (nSPS) is 17.6. The number of rotatable bonds is 13. The van der Waals surface area contributed by atoms with E-state index in [1.807, 2.05) is 158 Å². The summed E-state index contributed by atoms with van der Waals surface area (Å²) in [5.74, 6) is 0. The van der Waals surface area contributed by atoms with Crippen molar-refractivity contribution in [1.82, 2.24) is 9.80 Å². The summed E-state index contributed by atoms with van der Waals surface area (Å²) in [4.78, 5) is 31.6. The Bertz CT molecular complexity index is 1810. The van der Waals surface area contributed by atoms with E-state index in [0.29, 0.717) is 19.4 Å². The molecule has 5 aromatic rings. The maximum atomic E-state index is 14.1. The summed E-state index contributed by atoms with van der Waals surface area (Å²) in [6.07, 6.45) is 0.981. The fourth-order valence-electron chi connectivity index (χ4n) is 6.62. The quantitative estimate of drug-likeness (QED) is 0.116. The van der Waals surface area contributed by atoms with Crippen LogP contribution in [0.25, 0.3) is 0 Å². The molecule has 0 N–H and O–H groups in total. The van der Waals surface area contributed by atoms with Crippen LogP contribution in [0.5, 0.6) is 0 Å². The van der Waals surface area contributed by atoms with Gasteiger partial charge in [-0.3, -0.25) is 4.90 Å². The molecule has 1 aliphatic heterocycles. The smallest absolute Gasteiger partial charge is 0.410 e.